The predicted molar refractivity (Wildman–Crippen MR) is 99.6 cm³/mol. The standard InChI is InChI=1S/C19H26N4O2/c1-14(2)25-19-18(20-9-10-21-19)23-11-7-15(8-12-23)22-16-5-4-6-17(13-16)24-3/h4-6,9-10,13-15,22H,7-8,11-12H2,1-3H3. The normalized spacial score (nSPS) is 15.3. The van der Waals surface area contributed by atoms with Gasteiger partial charge in [0.2, 0.25) is 0 Å². The lowest BCUT2D eigenvalue weighted by atomic mass is 10.0. The molecule has 1 aromatic carbocycles. The molecule has 1 aromatic heterocycles. The molecule has 2 aromatic rings. The Bertz CT molecular complexity index is 685. The Kier molecular flexibility index (Phi) is 5.58. The first kappa shape index (κ1) is 17.3. The third kappa shape index (κ3) is 4.53. The first-order valence-corrected chi connectivity index (χ1v) is 8.79. The fraction of sp³-hybridized carbons (Fsp3) is 0.474. The van der Waals surface area contributed by atoms with E-state index < -0.39 is 0 Å². The topological polar surface area (TPSA) is 59.5 Å². The van der Waals surface area contributed by atoms with E-state index in [0.29, 0.717) is 11.9 Å². The fourth-order valence-electron chi connectivity index (χ4n) is 3.03. The number of nitrogens with one attached hydrogen (secondary N) is 1. The van der Waals surface area contributed by atoms with Crippen LogP contribution in [0.25, 0.3) is 0 Å². The van der Waals surface area contributed by atoms with E-state index in [-0.39, 0.29) is 6.10 Å². The lowest BCUT2D eigenvalue weighted by Crippen LogP contribution is -2.39. The van der Waals surface area contributed by atoms with Crippen LogP contribution in [0.3, 0.4) is 0 Å². The molecule has 134 valence electrons. The quantitative estimate of drug-likeness (QED) is 0.869. The first-order chi connectivity index (χ1) is 12.2. The van der Waals surface area contributed by atoms with E-state index in [1.54, 1.807) is 19.5 Å². The molecule has 0 bridgehead atoms. The highest BCUT2D eigenvalue weighted by Gasteiger charge is 2.23. The van der Waals surface area contributed by atoms with E-state index in [2.05, 4.69) is 26.3 Å². The van der Waals surface area contributed by atoms with Crippen molar-refractivity contribution in [2.75, 3.05) is 30.4 Å². The van der Waals surface area contributed by atoms with Crippen LogP contribution in [-0.2, 0) is 0 Å². The zero-order chi connectivity index (χ0) is 17.6. The second kappa shape index (κ2) is 8.05. The molecule has 2 heterocycles. The van der Waals surface area contributed by atoms with Crippen LogP contribution in [0.5, 0.6) is 11.6 Å². The number of aromatic nitrogens is 2. The number of hydrogen-bond donors (Lipinski definition) is 1. The lowest BCUT2D eigenvalue weighted by molar-refractivity contribution is 0.231. The van der Waals surface area contributed by atoms with E-state index in [4.69, 9.17) is 9.47 Å². The largest absolute Gasteiger partial charge is 0.497 e. The molecule has 1 fully saturated rings. The van der Waals surface area contributed by atoms with Crippen molar-refractivity contribution < 1.29 is 9.47 Å². The Hall–Kier alpha value is -2.50. The molecule has 0 amide bonds. The Morgan fingerprint density at radius 2 is 1.92 bits per heavy atom. The summed E-state index contributed by atoms with van der Waals surface area (Å²) in [4.78, 5) is 11.1. The molecule has 1 saturated heterocycles. The summed E-state index contributed by atoms with van der Waals surface area (Å²) in [6, 6.07) is 8.51. The second-order valence-electron chi connectivity index (χ2n) is 6.49. The summed E-state index contributed by atoms with van der Waals surface area (Å²) in [5.41, 5.74) is 1.10. The molecular formula is C19H26N4O2. The van der Waals surface area contributed by atoms with Crippen LogP contribution in [0.2, 0.25) is 0 Å². The van der Waals surface area contributed by atoms with Crippen molar-refractivity contribution in [2.24, 2.45) is 0 Å². The number of methoxy groups -OCH3 is 1. The second-order valence-corrected chi connectivity index (χ2v) is 6.49. The highest BCUT2D eigenvalue weighted by molar-refractivity contribution is 5.51. The summed E-state index contributed by atoms with van der Waals surface area (Å²) in [5, 5.41) is 3.60. The summed E-state index contributed by atoms with van der Waals surface area (Å²) in [6.45, 7) is 5.86. The van der Waals surface area contributed by atoms with Gasteiger partial charge in [-0.25, -0.2) is 9.97 Å². The summed E-state index contributed by atoms with van der Waals surface area (Å²) in [7, 11) is 1.69. The van der Waals surface area contributed by atoms with Crippen LogP contribution in [-0.4, -0.2) is 42.3 Å². The molecule has 6 nitrogen and oxygen atoms in total. The van der Waals surface area contributed by atoms with Gasteiger partial charge >= 0.3 is 0 Å². The number of ether oxygens (including phenoxy) is 2. The summed E-state index contributed by atoms with van der Waals surface area (Å²) in [6.07, 6.45) is 5.56. The summed E-state index contributed by atoms with van der Waals surface area (Å²) < 4.78 is 11.1. The van der Waals surface area contributed by atoms with Crippen molar-refractivity contribution in [2.45, 2.75) is 38.8 Å². The van der Waals surface area contributed by atoms with Crippen LogP contribution in [0, 0.1) is 0 Å². The van der Waals surface area contributed by atoms with Crippen LogP contribution in [0.1, 0.15) is 26.7 Å². The zero-order valence-corrected chi connectivity index (χ0v) is 15.1. The minimum atomic E-state index is 0.0858. The molecule has 1 N–H and O–H groups in total. The van der Waals surface area contributed by atoms with E-state index in [1.807, 2.05) is 32.0 Å². The van der Waals surface area contributed by atoms with Crippen molar-refractivity contribution in [3.63, 3.8) is 0 Å². The van der Waals surface area contributed by atoms with Crippen molar-refractivity contribution in [3.8, 4) is 11.6 Å². The fourth-order valence-corrected chi connectivity index (χ4v) is 3.03. The maximum Gasteiger partial charge on any atom is 0.257 e. The molecule has 0 unspecified atom stereocenters. The van der Waals surface area contributed by atoms with Gasteiger partial charge in [0.1, 0.15) is 5.75 Å². The van der Waals surface area contributed by atoms with Crippen LogP contribution in [0.15, 0.2) is 36.7 Å². The Morgan fingerprint density at radius 3 is 2.64 bits per heavy atom. The molecule has 6 heteroatoms. The molecule has 3 rings (SSSR count). The van der Waals surface area contributed by atoms with Crippen LogP contribution < -0.4 is 19.7 Å². The van der Waals surface area contributed by atoms with E-state index in [9.17, 15) is 0 Å². The molecule has 1 aliphatic heterocycles. The third-order valence-corrected chi connectivity index (χ3v) is 4.23. The molecular weight excluding hydrogens is 316 g/mol. The Morgan fingerprint density at radius 1 is 1.16 bits per heavy atom. The van der Waals surface area contributed by atoms with Gasteiger partial charge in [0.15, 0.2) is 5.82 Å². The average Bonchev–Trinajstić information content (AvgIpc) is 2.63. The predicted octanol–water partition coefficient (Wildman–Crippen LogP) is 3.35. The van der Waals surface area contributed by atoms with Gasteiger partial charge in [-0.2, -0.15) is 0 Å². The molecule has 1 aliphatic rings. The van der Waals surface area contributed by atoms with Gasteiger partial charge < -0.3 is 19.7 Å². The third-order valence-electron chi connectivity index (χ3n) is 4.23. The number of anilines is 2. The van der Waals surface area contributed by atoms with Crippen LogP contribution in [0.4, 0.5) is 11.5 Å². The molecule has 0 radical (unpaired) electrons. The lowest BCUT2D eigenvalue weighted by Gasteiger charge is -2.34. The van der Waals surface area contributed by atoms with Crippen molar-refractivity contribution in [1.82, 2.24) is 9.97 Å². The van der Waals surface area contributed by atoms with Gasteiger partial charge in [-0.3, -0.25) is 0 Å². The number of piperidine rings is 1. The van der Waals surface area contributed by atoms with E-state index in [0.717, 1.165) is 43.2 Å². The number of rotatable bonds is 6. The van der Waals surface area contributed by atoms with E-state index >= 15 is 0 Å². The van der Waals surface area contributed by atoms with Gasteiger partial charge in [-0.1, -0.05) is 6.07 Å². The minimum Gasteiger partial charge on any atom is -0.497 e. The van der Waals surface area contributed by atoms with Gasteiger partial charge in [0, 0.05) is 43.3 Å². The van der Waals surface area contributed by atoms with Crippen molar-refractivity contribution in [3.05, 3.63) is 36.7 Å². The highest BCUT2D eigenvalue weighted by Crippen LogP contribution is 2.28. The number of benzene rings is 1. The molecule has 0 saturated carbocycles. The highest BCUT2D eigenvalue weighted by atomic mass is 16.5. The van der Waals surface area contributed by atoms with Gasteiger partial charge in [0.05, 0.1) is 13.2 Å². The van der Waals surface area contributed by atoms with Gasteiger partial charge in [0.25, 0.3) is 5.88 Å². The summed E-state index contributed by atoms with van der Waals surface area (Å²) in [5.74, 6) is 2.34. The van der Waals surface area contributed by atoms with Crippen LogP contribution >= 0.6 is 0 Å². The number of nitrogens with zero attached hydrogens (tertiary/aromatic N) is 3. The van der Waals surface area contributed by atoms with Crippen molar-refractivity contribution in [1.29, 1.82) is 0 Å². The average molecular weight is 342 g/mol. The van der Waals surface area contributed by atoms with Crippen molar-refractivity contribution >= 4 is 11.5 Å². The molecule has 0 aliphatic carbocycles. The minimum absolute atomic E-state index is 0.0858. The molecule has 0 atom stereocenters. The maximum absolute atomic E-state index is 5.80. The summed E-state index contributed by atoms with van der Waals surface area (Å²) >= 11 is 0. The molecule has 25 heavy (non-hydrogen) atoms. The smallest absolute Gasteiger partial charge is 0.257 e. The van der Waals surface area contributed by atoms with Gasteiger partial charge in [-0.15, -0.1) is 0 Å². The monoisotopic (exact) mass is 342 g/mol. The Labute approximate surface area is 149 Å². The zero-order valence-electron chi connectivity index (χ0n) is 15.1. The first-order valence-electron chi connectivity index (χ1n) is 8.79. The number of hydrogen-bond acceptors (Lipinski definition) is 6. The SMILES string of the molecule is COc1cccc(NC2CCN(c3nccnc3OC(C)C)CC2)c1. The Balaban J connectivity index is 1.60. The maximum atomic E-state index is 5.80. The van der Waals surface area contributed by atoms with E-state index in [1.165, 1.54) is 0 Å². The molecule has 0 spiro atoms. The van der Waals surface area contributed by atoms with Gasteiger partial charge in [-0.05, 0) is 38.8 Å².